The smallest absolute Gasteiger partial charge is 0.230 e. The second-order valence-corrected chi connectivity index (χ2v) is 10.7. The molecule has 1 aliphatic rings. The Morgan fingerprint density at radius 2 is 2.03 bits per heavy atom. The predicted molar refractivity (Wildman–Crippen MR) is 134 cm³/mol. The van der Waals surface area contributed by atoms with Crippen molar-refractivity contribution in [3.63, 3.8) is 0 Å². The second-order valence-electron chi connectivity index (χ2n) is 7.82. The monoisotopic (exact) mass is 480 g/mol. The van der Waals surface area contributed by atoms with Gasteiger partial charge < -0.3 is 0 Å². The van der Waals surface area contributed by atoms with Gasteiger partial charge in [-0.25, -0.2) is 15.0 Å². The van der Waals surface area contributed by atoms with E-state index in [0.29, 0.717) is 5.75 Å². The molecule has 0 fully saturated rings. The third kappa shape index (κ3) is 4.07. The fraction of sp³-hybridized carbons (Fsp3) is 0.333. The summed E-state index contributed by atoms with van der Waals surface area (Å²) in [5.74, 6) is 0.691. The Kier molecular flexibility index (Phi) is 6.26. The maximum Gasteiger partial charge on any atom is 0.230 e. The van der Waals surface area contributed by atoms with Gasteiger partial charge in [-0.15, -0.1) is 22.7 Å². The molecule has 0 bridgehead atoms. The molecule has 0 radical (unpaired) electrons. The molecule has 3 heterocycles. The standard InChI is InChI=1S/C24H24N4OS3/c1-3-16-8-4-6-10-19(16)28(15(2)29)24-27-17(13-31-24)12-30-22-21-18-9-5-7-11-20(18)32-23(21)26-14-25-22/h4,6,8,10,13-14H,3,5,7,9,11-12H2,1-2H3. The number of benzene rings is 1. The lowest BCUT2D eigenvalue weighted by Gasteiger charge is -2.20. The summed E-state index contributed by atoms with van der Waals surface area (Å²) >= 11 is 5.05. The lowest BCUT2D eigenvalue weighted by Crippen LogP contribution is -2.23. The number of hydrogen-bond donors (Lipinski definition) is 0. The molecule has 1 aromatic carbocycles. The van der Waals surface area contributed by atoms with Gasteiger partial charge in [-0.05, 0) is 49.3 Å². The van der Waals surface area contributed by atoms with Crippen molar-refractivity contribution in [2.24, 2.45) is 0 Å². The number of fused-ring (bicyclic) bond motifs is 3. The molecule has 1 amide bonds. The molecule has 5 nitrogen and oxygen atoms in total. The molecule has 1 aliphatic carbocycles. The maximum atomic E-state index is 12.5. The van der Waals surface area contributed by atoms with Crippen LogP contribution in [0, 0.1) is 0 Å². The first-order chi connectivity index (χ1) is 15.7. The number of carbonyl (C=O) groups is 1. The van der Waals surface area contributed by atoms with Crippen LogP contribution in [0.2, 0.25) is 0 Å². The van der Waals surface area contributed by atoms with Gasteiger partial charge in [0.1, 0.15) is 16.2 Å². The minimum atomic E-state index is -0.0261. The van der Waals surface area contributed by atoms with Crippen molar-refractivity contribution in [3.8, 4) is 0 Å². The first-order valence-electron chi connectivity index (χ1n) is 10.9. The molecule has 0 saturated heterocycles. The Hall–Kier alpha value is -2.29. The van der Waals surface area contributed by atoms with Gasteiger partial charge in [0.2, 0.25) is 5.91 Å². The van der Waals surface area contributed by atoms with Crippen molar-refractivity contribution < 1.29 is 4.79 Å². The molecule has 4 aromatic rings. The van der Waals surface area contributed by atoms with Crippen LogP contribution in [0.25, 0.3) is 10.2 Å². The van der Waals surface area contributed by atoms with Crippen molar-refractivity contribution in [2.45, 2.75) is 56.7 Å². The number of thiophene rings is 1. The number of nitrogens with zero attached hydrogens (tertiary/aromatic N) is 4. The highest BCUT2D eigenvalue weighted by Crippen LogP contribution is 2.40. The average Bonchev–Trinajstić information content (AvgIpc) is 3.42. The molecule has 0 aliphatic heterocycles. The van der Waals surface area contributed by atoms with E-state index in [4.69, 9.17) is 4.98 Å². The van der Waals surface area contributed by atoms with Crippen LogP contribution in [0.4, 0.5) is 10.8 Å². The molecule has 0 atom stereocenters. The largest absolute Gasteiger partial charge is 0.274 e. The van der Waals surface area contributed by atoms with Gasteiger partial charge in [0.25, 0.3) is 0 Å². The zero-order valence-corrected chi connectivity index (χ0v) is 20.6. The molecule has 0 saturated carbocycles. The molecular formula is C24H24N4OS3. The predicted octanol–water partition coefficient (Wildman–Crippen LogP) is 6.57. The fourth-order valence-corrected chi connectivity index (χ4v) is 7.41. The summed E-state index contributed by atoms with van der Waals surface area (Å²) in [7, 11) is 0. The fourth-order valence-electron chi connectivity index (χ4n) is 4.21. The van der Waals surface area contributed by atoms with E-state index in [9.17, 15) is 4.79 Å². The van der Waals surface area contributed by atoms with E-state index >= 15 is 0 Å². The number of amides is 1. The molecule has 32 heavy (non-hydrogen) atoms. The minimum Gasteiger partial charge on any atom is -0.274 e. The number of hydrogen-bond acceptors (Lipinski definition) is 7. The summed E-state index contributed by atoms with van der Waals surface area (Å²) in [6.45, 7) is 3.70. The van der Waals surface area contributed by atoms with E-state index in [1.165, 1.54) is 40.0 Å². The molecule has 3 aromatic heterocycles. The third-order valence-electron chi connectivity index (χ3n) is 5.73. The molecule has 8 heteroatoms. The van der Waals surface area contributed by atoms with Gasteiger partial charge in [0, 0.05) is 28.3 Å². The highest BCUT2D eigenvalue weighted by Gasteiger charge is 2.22. The number of anilines is 2. The normalized spacial score (nSPS) is 13.3. The number of para-hydroxylation sites is 1. The number of aromatic nitrogens is 3. The number of carbonyl (C=O) groups excluding carboxylic acids is 1. The Labute approximate surface area is 199 Å². The van der Waals surface area contributed by atoms with Gasteiger partial charge in [0.15, 0.2) is 5.13 Å². The van der Waals surface area contributed by atoms with Crippen LogP contribution in [-0.4, -0.2) is 20.9 Å². The first-order valence-corrected chi connectivity index (χ1v) is 13.5. The minimum absolute atomic E-state index is 0.0261. The Morgan fingerprint density at radius 1 is 1.19 bits per heavy atom. The van der Waals surface area contributed by atoms with Gasteiger partial charge in [-0.1, -0.05) is 36.9 Å². The highest BCUT2D eigenvalue weighted by molar-refractivity contribution is 7.98. The summed E-state index contributed by atoms with van der Waals surface area (Å²) in [6.07, 6.45) is 7.34. The first kappa shape index (κ1) is 21.6. The number of thioether (sulfide) groups is 1. The van der Waals surface area contributed by atoms with Crippen molar-refractivity contribution in [1.29, 1.82) is 0 Å². The lowest BCUT2D eigenvalue weighted by molar-refractivity contribution is -0.115. The van der Waals surface area contributed by atoms with Crippen molar-refractivity contribution >= 4 is 61.4 Å². The average molecular weight is 481 g/mol. The van der Waals surface area contributed by atoms with Crippen LogP contribution in [0.5, 0.6) is 0 Å². The van der Waals surface area contributed by atoms with Crippen LogP contribution in [0.1, 0.15) is 48.4 Å². The van der Waals surface area contributed by atoms with E-state index in [1.54, 1.807) is 29.9 Å². The van der Waals surface area contributed by atoms with E-state index in [-0.39, 0.29) is 5.91 Å². The molecule has 0 N–H and O–H groups in total. The SMILES string of the molecule is CCc1ccccc1N(C(C)=O)c1nc(CSc2ncnc3sc4c(c23)CCCC4)cs1. The number of aryl methyl sites for hydroxylation is 3. The van der Waals surface area contributed by atoms with E-state index < -0.39 is 0 Å². The molecule has 0 unspecified atom stereocenters. The van der Waals surface area contributed by atoms with Gasteiger partial charge in [-0.2, -0.15) is 0 Å². The van der Waals surface area contributed by atoms with Crippen molar-refractivity contribution in [2.75, 3.05) is 4.90 Å². The van der Waals surface area contributed by atoms with Gasteiger partial charge in [-0.3, -0.25) is 9.69 Å². The number of thiazole rings is 1. The summed E-state index contributed by atoms with van der Waals surface area (Å²) in [6, 6.07) is 8.04. The zero-order valence-electron chi connectivity index (χ0n) is 18.1. The Morgan fingerprint density at radius 3 is 2.88 bits per heavy atom. The van der Waals surface area contributed by atoms with Crippen LogP contribution in [-0.2, 0) is 29.8 Å². The number of rotatable bonds is 6. The van der Waals surface area contributed by atoms with Gasteiger partial charge in [0.05, 0.1) is 11.4 Å². The maximum absolute atomic E-state index is 12.5. The van der Waals surface area contributed by atoms with Crippen LogP contribution in [0.15, 0.2) is 41.0 Å². The Balaban J connectivity index is 1.40. The Bertz CT molecular complexity index is 1280. The zero-order chi connectivity index (χ0) is 22.1. The van der Waals surface area contributed by atoms with E-state index in [1.807, 2.05) is 34.9 Å². The molecule has 5 rings (SSSR count). The molecular weight excluding hydrogens is 456 g/mol. The van der Waals surface area contributed by atoms with Crippen LogP contribution in [0.3, 0.4) is 0 Å². The van der Waals surface area contributed by atoms with Crippen molar-refractivity contribution in [1.82, 2.24) is 15.0 Å². The second kappa shape index (κ2) is 9.29. The molecule has 164 valence electrons. The van der Waals surface area contributed by atoms with Crippen LogP contribution >= 0.6 is 34.4 Å². The summed E-state index contributed by atoms with van der Waals surface area (Å²) in [5.41, 5.74) is 4.47. The van der Waals surface area contributed by atoms with E-state index in [0.717, 1.165) is 51.2 Å². The summed E-state index contributed by atoms with van der Waals surface area (Å²) < 4.78 is 0. The van der Waals surface area contributed by atoms with Gasteiger partial charge >= 0.3 is 0 Å². The third-order valence-corrected chi connectivity index (χ3v) is 8.83. The molecule has 0 spiro atoms. The quantitative estimate of drug-likeness (QED) is 0.231. The van der Waals surface area contributed by atoms with E-state index in [2.05, 4.69) is 23.0 Å². The highest BCUT2D eigenvalue weighted by atomic mass is 32.2. The topological polar surface area (TPSA) is 59.0 Å². The lowest BCUT2D eigenvalue weighted by atomic mass is 9.97. The van der Waals surface area contributed by atoms with Crippen molar-refractivity contribution in [3.05, 3.63) is 57.7 Å². The summed E-state index contributed by atoms with van der Waals surface area (Å²) in [4.78, 5) is 30.8. The summed E-state index contributed by atoms with van der Waals surface area (Å²) in [5, 5.41) is 5.06. The van der Waals surface area contributed by atoms with Crippen LogP contribution < -0.4 is 4.90 Å².